The zero-order valence-electron chi connectivity index (χ0n) is 10.6. The zero-order valence-corrected chi connectivity index (χ0v) is 10.6. The van der Waals surface area contributed by atoms with E-state index in [-0.39, 0.29) is 5.41 Å². The Balaban J connectivity index is 2.02. The van der Waals surface area contributed by atoms with Gasteiger partial charge in [-0.05, 0) is 37.6 Å². The first-order valence-electron chi connectivity index (χ1n) is 6.33. The van der Waals surface area contributed by atoms with Crippen LogP contribution in [-0.4, -0.2) is 25.8 Å². The van der Waals surface area contributed by atoms with E-state index in [0.717, 1.165) is 32.5 Å². The lowest BCUT2D eigenvalue weighted by Crippen LogP contribution is -2.31. The Hall–Kier alpha value is -0.590. The van der Waals surface area contributed by atoms with E-state index in [1.54, 1.807) is 0 Å². The van der Waals surface area contributed by atoms with Crippen molar-refractivity contribution >= 4 is 0 Å². The molecular formula is C13H24N2O. The smallest absolute Gasteiger partial charge is 0.0621 e. The molecule has 16 heavy (non-hydrogen) atoms. The van der Waals surface area contributed by atoms with Gasteiger partial charge in [-0.15, -0.1) is 0 Å². The van der Waals surface area contributed by atoms with Crippen LogP contribution in [0, 0.1) is 16.7 Å². The van der Waals surface area contributed by atoms with Crippen molar-refractivity contribution < 1.29 is 4.74 Å². The Kier molecular flexibility index (Phi) is 5.79. The minimum absolute atomic E-state index is 0.228. The molecule has 1 aliphatic rings. The van der Waals surface area contributed by atoms with Gasteiger partial charge in [-0.3, -0.25) is 0 Å². The second-order valence-corrected chi connectivity index (χ2v) is 5.42. The fourth-order valence-electron chi connectivity index (χ4n) is 2.04. The van der Waals surface area contributed by atoms with E-state index in [1.165, 1.54) is 12.8 Å². The number of ether oxygens (including phenoxy) is 1. The summed E-state index contributed by atoms with van der Waals surface area (Å²) in [5.74, 6) is 0. The quantitative estimate of drug-likeness (QED) is 0.676. The van der Waals surface area contributed by atoms with Gasteiger partial charge in [-0.25, -0.2) is 0 Å². The molecule has 0 bridgehead atoms. The number of rotatable bonds is 7. The summed E-state index contributed by atoms with van der Waals surface area (Å²) >= 11 is 0. The van der Waals surface area contributed by atoms with E-state index in [4.69, 9.17) is 10.00 Å². The molecule has 0 aromatic rings. The van der Waals surface area contributed by atoms with Crippen molar-refractivity contribution in [2.75, 3.05) is 19.7 Å². The first kappa shape index (κ1) is 13.5. The van der Waals surface area contributed by atoms with E-state index in [2.05, 4.69) is 25.2 Å². The van der Waals surface area contributed by atoms with E-state index in [0.29, 0.717) is 12.5 Å². The van der Waals surface area contributed by atoms with Gasteiger partial charge in [0, 0.05) is 19.6 Å². The van der Waals surface area contributed by atoms with Crippen LogP contribution >= 0.6 is 0 Å². The molecule has 1 fully saturated rings. The highest BCUT2D eigenvalue weighted by atomic mass is 16.5. The molecule has 1 aliphatic heterocycles. The molecule has 0 aromatic carbocycles. The number of nitriles is 1. The van der Waals surface area contributed by atoms with Crippen molar-refractivity contribution in [1.82, 2.24) is 5.32 Å². The second-order valence-electron chi connectivity index (χ2n) is 5.42. The summed E-state index contributed by atoms with van der Waals surface area (Å²) < 4.78 is 5.57. The highest BCUT2D eigenvalue weighted by Crippen LogP contribution is 2.21. The van der Waals surface area contributed by atoms with Gasteiger partial charge in [-0.1, -0.05) is 13.8 Å². The molecule has 1 unspecified atom stereocenters. The van der Waals surface area contributed by atoms with Gasteiger partial charge in [0.05, 0.1) is 12.2 Å². The van der Waals surface area contributed by atoms with Gasteiger partial charge < -0.3 is 10.1 Å². The molecular weight excluding hydrogens is 200 g/mol. The van der Waals surface area contributed by atoms with Gasteiger partial charge in [0.2, 0.25) is 0 Å². The molecule has 1 N–H and O–H groups in total. The monoisotopic (exact) mass is 224 g/mol. The van der Waals surface area contributed by atoms with Crippen LogP contribution in [0.1, 0.15) is 46.0 Å². The molecule has 0 saturated carbocycles. The molecule has 1 heterocycles. The Labute approximate surface area is 99.2 Å². The second kappa shape index (κ2) is 6.88. The summed E-state index contributed by atoms with van der Waals surface area (Å²) in [6.07, 6.45) is 5.66. The molecule has 0 spiro atoms. The van der Waals surface area contributed by atoms with Crippen LogP contribution in [0.25, 0.3) is 0 Å². The van der Waals surface area contributed by atoms with Gasteiger partial charge in [0.25, 0.3) is 0 Å². The lowest BCUT2D eigenvalue weighted by atomic mass is 9.88. The summed E-state index contributed by atoms with van der Waals surface area (Å²) in [5.41, 5.74) is 0.228. The molecule has 3 heteroatoms. The molecule has 92 valence electrons. The van der Waals surface area contributed by atoms with Crippen LogP contribution in [0.15, 0.2) is 0 Å². The van der Waals surface area contributed by atoms with Crippen LogP contribution < -0.4 is 5.32 Å². The van der Waals surface area contributed by atoms with E-state index in [1.807, 2.05) is 0 Å². The Bertz CT molecular complexity index is 227. The maximum absolute atomic E-state index is 8.56. The highest BCUT2D eigenvalue weighted by molar-refractivity contribution is 4.79. The van der Waals surface area contributed by atoms with Crippen molar-refractivity contribution in [1.29, 1.82) is 5.26 Å². The molecule has 0 aliphatic carbocycles. The van der Waals surface area contributed by atoms with Crippen LogP contribution in [0.4, 0.5) is 0 Å². The summed E-state index contributed by atoms with van der Waals surface area (Å²) in [6, 6.07) is 2.21. The van der Waals surface area contributed by atoms with E-state index < -0.39 is 0 Å². The third kappa shape index (κ3) is 5.48. The third-order valence-corrected chi connectivity index (χ3v) is 3.18. The van der Waals surface area contributed by atoms with Crippen molar-refractivity contribution in [3.8, 4) is 6.07 Å². The maximum atomic E-state index is 8.56. The van der Waals surface area contributed by atoms with Gasteiger partial charge in [0.1, 0.15) is 0 Å². The lowest BCUT2D eigenvalue weighted by Gasteiger charge is -2.24. The summed E-state index contributed by atoms with van der Waals surface area (Å²) in [6.45, 7) is 7.38. The number of hydrogen-bond acceptors (Lipinski definition) is 3. The minimum Gasteiger partial charge on any atom is -0.378 e. The molecule has 0 amide bonds. The minimum atomic E-state index is 0.228. The third-order valence-electron chi connectivity index (χ3n) is 3.18. The molecule has 0 radical (unpaired) electrons. The normalized spacial score (nSPS) is 20.9. The topological polar surface area (TPSA) is 45.0 Å². The van der Waals surface area contributed by atoms with Crippen molar-refractivity contribution in [2.45, 2.75) is 52.1 Å². The number of hydrogen-bond donors (Lipinski definition) is 1. The van der Waals surface area contributed by atoms with Crippen LogP contribution in [-0.2, 0) is 4.74 Å². The average Bonchev–Trinajstić information content (AvgIpc) is 2.75. The predicted octanol–water partition coefficient (Wildman–Crippen LogP) is 2.48. The van der Waals surface area contributed by atoms with Crippen LogP contribution in [0.5, 0.6) is 0 Å². The summed E-state index contributed by atoms with van der Waals surface area (Å²) in [7, 11) is 0. The Morgan fingerprint density at radius 1 is 1.50 bits per heavy atom. The molecule has 1 saturated heterocycles. The SMILES string of the molecule is CC(C)(CCC#N)CNCCC1CCCO1. The molecule has 3 nitrogen and oxygen atoms in total. The summed E-state index contributed by atoms with van der Waals surface area (Å²) in [5, 5.41) is 12.0. The number of nitrogens with zero attached hydrogens (tertiary/aromatic N) is 1. The van der Waals surface area contributed by atoms with Crippen molar-refractivity contribution in [3.05, 3.63) is 0 Å². The standard InChI is InChI=1S/C13H24N2O/c1-13(2,7-4-8-14)11-15-9-6-12-5-3-10-16-12/h12,15H,3-7,9-11H2,1-2H3. The Morgan fingerprint density at radius 2 is 2.31 bits per heavy atom. The lowest BCUT2D eigenvalue weighted by molar-refractivity contribution is 0.103. The van der Waals surface area contributed by atoms with Crippen LogP contribution in [0.2, 0.25) is 0 Å². The van der Waals surface area contributed by atoms with E-state index >= 15 is 0 Å². The van der Waals surface area contributed by atoms with Gasteiger partial charge in [-0.2, -0.15) is 5.26 Å². The fourth-order valence-corrected chi connectivity index (χ4v) is 2.04. The first-order chi connectivity index (χ1) is 7.64. The zero-order chi connectivity index (χ0) is 11.9. The highest BCUT2D eigenvalue weighted by Gasteiger charge is 2.18. The summed E-state index contributed by atoms with van der Waals surface area (Å²) in [4.78, 5) is 0. The maximum Gasteiger partial charge on any atom is 0.0621 e. The average molecular weight is 224 g/mol. The van der Waals surface area contributed by atoms with Gasteiger partial charge >= 0.3 is 0 Å². The van der Waals surface area contributed by atoms with Crippen molar-refractivity contribution in [3.63, 3.8) is 0 Å². The van der Waals surface area contributed by atoms with Crippen molar-refractivity contribution in [2.24, 2.45) is 5.41 Å². The van der Waals surface area contributed by atoms with Gasteiger partial charge in [0.15, 0.2) is 0 Å². The first-order valence-corrected chi connectivity index (χ1v) is 6.33. The molecule has 1 rings (SSSR count). The van der Waals surface area contributed by atoms with E-state index in [9.17, 15) is 0 Å². The van der Waals surface area contributed by atoms with Crippen LogP contribution in [0.3, 0.4) is 0 Å². The Morgan fingerprint density at radius 3 is 2.94 bits per heavy atom. The largest absolute Gasteiger partial charge is 0.378 e. The molecule has 0 aromatic heterocycles. The molecule has 1 atom stereocenters. The predicted molar refractivity (Wildman–Crippen MR) is 65.1 cm³/mol. The fraction of sp³-hybridized carbons (Fsp3) is 0.923. The number of nitrogens with one attached hydrogen (secondary N) is 1.